The van der Waals surface area contributed by atoms with E-state index in [0.717, 1.165) is 49.5 Å². The molecule has 1 saturated heterocycles. The predicted octanol–water partition coefficient (Wildman–Crippen LogP) is 4.46. The third-order valence-corrected chi connectivity index (χ3v) is 5.77. The first-order valence-corrected chi connectivity index (χ1v) is 11.4. The predicted molar refractivity (Wildman–Crippen MR) is 135 cm³/mol. The topological polar surface area (TPSA) is 53.0 Å². The van der Waals surface area contributed by atoms with Gasteiger partial charge >= 0.3 is 5.97 Å². The van der Waals surface area contributed by atoms with Crippen LogP contribution in [0.25, 0.3) is 0 Å². The monoisotopic (exact) mass is 452 g/mol. The minimum atomic E-state index is -0.331. The van der Waals surface area contributed by atoms with Gasteiger partial charge in [0.25, 0.3) is 0 Å². The number of nitrogens with zero attached hydrogens (tertiary/aromatic N) is 2. The first kappa shape index (κ1) is 23.2. The van der Waals surface area contributed by atoms with Gasteiger partial charge in [0.15, 0.2) is 0 Å². The van der Waals surface area contributed by atoms with Crippen LogP contribution in [-0.4, -0.2) is 48.8 Å². The Labute approximate surface area is 200 Å². The number of anilines is 1. The van der Waals surface area contributed by atoms with E-state index in [1.807, 2.05) is 48.5 Å². The lowest BCUT2D eigenvalue weighted by Crippen LogP contribution is -2.46. The van der Waals surface area contributed by atoms with Crippen molar-refractivity contribution in [3.63, 3.8) is 0 Å². The van der Waals surface area contributed by atoms with Gasteiger partial charge < -0.3 is 14.7 Å². The van der Waals surface area contributed by atoms with Gasteiger partial charge in [-0.25, -0.2) is 4.79 Å². The van der Waals surface area contributed by atoms with E-state index in [1.54, 1.807) is 24.3 Å². The Morgan fingerprint density at radius 3 is 2.47 bits per heavy atom. The van der Waals surface area contributed by atoms with Gasteiger partial charge in [-0.1, -0.05) is 48.8 Å². The summed E-state index contributed by atoms with van der Waals surface area (Å²) in [5.41, 5.74) is 4.66. The first-order chi connectivity index (χ1) is 16.6. The van der Waals surface area contributed by atoms with Crippen LogP contribution in [0, 0.1) is 11.8 Å². The van der Waals surface area contributed by atoms with E-state index >= 15 is 0 Å². The summed E-state index contributed by atoms with van der Waals surface area (Å²) in [5, 5.41) is 9.65. The Kier molecular flexibility index (Phi) is 7.64. The van der Waals surface area contributed by atoms with E-state index in [9.17, 15) is 9.90 Å². The molecule has 0 aliphatic carbocycles. The molecule has 0 saturated carbocycles. The van der Waals surface area contributed by atoms with E-state index in [0.29, 0.717) is 5.56 Å². The van der Waals surface area contributed by atoms with E-state index in [1.165, 1.54) is 5.56 Å². The summed E-state index contributed by atoms with van der Waals surface area (Å²) >= 11 is 0. The van der Waals surface area contributed by atoms with Gasteiger partial charge in [-0.3, -0.25) is 4.90 Å². The number of benzene rings is 3. The molecule has 1 aliphatic rings. The number of ether oxygens (including phenoxy) is 1. The molecule has 5 heteroatoms. The summed E-state index contributed by atoms with van der Waals surface area (Å²) in [6.07, 6.45) is 1.56. The van der Waals surface area contributed by atoms with E-state index in [2.05, 4.69) is 34.3 Å². The summed E-state index contributed by atoms with van der Waals surface area (Å²) < 4.78 is 5.09. The minimum absolute atomic E-state index is 0.215. The Morgan fingerprint density at radius 1 is 0.971 bits per heavy atom. The molecule has 1 heterocycles. The molecule has 0 unspecified atom stereocenters. The standard InChI is InChI=1S/C29H28N2O3/c1-2-20-34-29(33)25-12-14-27(15-13-25)31-18-16-30(17-19-31)22-26-8-4-3-7-24(26)11-10-23-6-5-9-28(32)21-23/h2-9,12-15,21,32H,1,16-20,22H2. The van der Waals surface area contributed by atoms with E-state index in [-0.39, 0.29) is 18.3 Å². The number of hydrogen-bond acceptors (Lipinski definition) is 5. The molecule has 0 bridgehead atoms. The van der Waals surface area contributed by atoms with Gasteiger partial charge in [0.1, 0.15) is 12.4 Å². The average molecular weight is 453 g/mol. The lowest BCUT2D eigenvalue weighted by molar-refractivity contribution is 0.0549. The highest BCUT2D eigenvalue weighted by Gasteiger charge is 2.18. The van der Waals surface area contributed by atoms with Crippen LogP contribution < -0.4 is 4.90 Å². The van der Waals surface area contributed by atoms with Crippen LogP contribution in [0.5, 0.6) is 5.75 Å². The van der Waals surface area contributed by atoms with Crippen molar-refractivity contribution >= 4 is 11.7 Å². The fraction of sp³-hybridized carbons (Fsp3) is 0.207. The number of piperazine rings is 1. The van der Waals surface area contributed by atoms with Crippen LogP contribution in [0.4, 0.5) is 5.69 Å². The van der Waals surface area contributed by atoms with Gasteiger partial charge in [0.05, 0.1) is 5.56 Å². The maximum Gasteiger partial charge on any atom is 0.338 e. The molecule has 0 spiro atoms. The smallest absolute Gasteiger partial charge is 0.338 e. The number of phenols is 1. The van der Waals surface area contributed by atoms with Gasteiger partial charge in [-0.05, 0) is 54.1 Å². The number of phenolic OH excluding ortho intramolecular Hbond substituents is 1. The molecule has 4 rings (SSSR count). The number of carbonyl (C=O) groups excluding carboxylic acids is 1. The van der Waals surface area contributed by atoms with Gasteiger partial charge in [-0.2, -0.15) is 0 Å². The van der Waals surface area contributed by atoms with Crippen LogP contribution in [0.2, 0.25) is 0 Å². The quantitative estimate of drug-likeness (QED) is 0.340. The maximum atomic E-state index is 12.0. The summed E-state index contributed by atoms with van der Waals surface area (Å²) in [6.45, 7) is 8.33. The normalized spacial score (nSPS) is 13.6. The third kappa shape index (κ3) is 6.06. The van der Waals surface area contributed by atoms with E-state index < -0.39 is 0 Å². The highest BCUT2D eigenvalue weighted by molar-refractivity contribution is 5.89. The second kappa shape index (κ2) is 11.2. The average Bonchev–Trinajstić information content (AvgIpc) is 2.87. The summed E-state index contributed by atoms with van der Waals surface area (Å²) in [6, 6.07) is 22.8. The van der Waals surface area contributed by atoms with Crippen LogP contribution >= 0.6 is 0 Å². The van der Waals surface area contributed by atoms with Crippen molar-refractivity contribution in [2.45, 2.75) is 6.54 Å². The maximum absolute atomic E-state index is 12.0. The van der Waals surface area contributed by atoms with Crippen LogP contribution in [0.1, 0.15) is 27.0 Å². The van der Waals surface area contributed by atoms with Crippen molar-refractivity contribution in [3.05, 3.63) is 108 Å². The zero-order chi connectivity index (χ0) is 23.8. The van der Waals surface area contributed by atoms with Gasteiger partial charge in [0.2, 0.25) is 0 Å². The fourth-order valence-corrected chi connectivity index (χ4v) is 3.93. The Hall–Kier alpha value is -4.01. The molecule has 172 valence electrons. The molecule has 0 atom stereocenters. The second-order valence-electron chi connectivity index (χ2n) is 8.15. The van der Waals surface area contributed by atoms with Crippen molar-refractivity contribution in [2.24, 2.45) is 0 Å². The van der Waals surface area contributed by atoms with E-state index in [4.69, 9.17) is 4.74 Å². The Bertz CT molecular complexity index is 1200. The largest absolute Gasteiger partial charge is 0.508 e. The number of carbonyl (C=O) groups is 1. The lowest BCUT2D eigenvalue weighted by Gasteiger charge is -2.36. The zero-order valence-corrected chi connectivity index (χ0v) is 19.1. The molecular formula is C29H28N2O3. The third-order valence-electron chi connectivity index (χ3n) is 5.77. The lowest BCUT2D eigenvalue weighted by atomic mass is 10.1. The van der Waals surface area contributed by atoms with Crippen LogP contribution in [0.3, 0.4) is 0 Å². The molecule has 34 heavy (non-hydrogen) atoms. The van der Waals surface area contributed by atoms with Crippen molar-refractivity contribution < 1.29 is 14.6 Å². The number of esters is 1. The zero-order valence-electron chi connectivity index (χ0n) is 19.1. The molecule has 1 N–H and O–H groups in total. The highest BCUT2D eigenvalue weighted by Crippen LogP contribution is 2.20. The SMILES string of the molecule is C=CCOC(=O)c1ccc(N2CCN(Cc3ccccc3C#Cc3cccc(O)c3)CC2)cc1. The van der Waals surface area contributed by atoms with Gasteiger partial charge in [-0.15, -0.1) is 0 Å². The van der Waals surface area contributed by atoms with Crippen molar-refractivity contribution in [1.29, 1.82) is 0 Å². The number of aromatic hydroxyl groups is 1. The van der Waals surface area contributed by atoms with Crippen molar-refractivity contribution in [3.8, 4) is 17.6 Å². The highest BCUT2D eigenvalue weighted by atomic mass is 16.5. The molecule has 3 aromatic carbocycles. The fourth-order valence-electron chi connectivity index (χ4n) is 3.93. The number of hydrogen-bond donors (Lipinski definition) is 1. The Morgan fingerprint density at radius 2 is 1.74 bits per heavy atom. The van der Waals surface area contributed by atoms with Gasteiger partial charge in [0, 0.05) is 49.5 Å². The second-order valence-corrected chi connectivity index (χ2v) is 8.15. The summed E-state index contributed by atoms with van der Waals surface area (Å²) in [4.78, 5) is 16.7. The minimum Gasteiger partial charge on any atom is -0.508 e. The molecule has 1 aliphatic heterocycles. The molecule has 1 fully saturated rings. The van der Waals surface area contributed by atoms with Crippen molar-refractivity contribution in [2.75, 3.05) is 37.7 Å². The first-order valence-electron chi connectivity index (χ1n) is 11.4. The molecule has 0 radical (unpaired) electrons. The molecule has 0 amide bonds. The number of rotatable bonds is 6. The van der Waals surface area contributed by atoms with Crippen molar-refractivity contribution in [1.82, 2.24) is 4.90 Å². The summed E-state index contributed by atoms with van der Waals surface area (Å²) in [5.74, 6) is 6.31. The molecular weight excluding hydrogens is 424 g/mol. The summed E-state index contributed by atoms with van der Waals surface area (Å²) in [7, 11) is 0. The van der Waals surface area contributed by atoms with Crippen LogP contribution in [0.15, 0.2) is 85.5 Å². The van der Waals surface area contributed by atoms with Crippen LogP contribution in [-0.2, 0) is 11.3 Å². The molecule has 0 aromatic heterocycles. The molecule has 3 aromatic rings. The Balaban J connectivity index is 1.35. The molecule has 5 nitrogen and oxygen atoms in total.